The van der Waals surface area contributed by atoms with Gasteiger partial charge in [-0.15, -0.1) is 0 Å². The zero-order valence-corrected chi connectivity index (χ0v) is 16.3. The Hall–Kier alpha value is -3.15. The smallest absolute Gasteiger partial charge is 0.197 e. The molecule has 3 aromatic rings. The molecule has 3 rings (SSSR count). The van der Waals surface area contributed by atoms with Crippen LogP contribution in [0.15, 0.2) is 45.6 Å². The van der Waals surface area contributed by atoms with Crippen molar-refractivity contribution in [3.05, 3.63) is 52.2 Å². The van der Waals surface area contributed by atoms with E-state index in [9.17, 15) is 40.5 Å². The van der Waals surface area contributed by atoms with Gasteiger partial charge in [-0.25, -0.2) is 0 Å². The Balaban J connectivity index is 2.16. The van der Waals surface area contributed by atoms with Gasteiger partial charge in [-0.3, -0.25) is 4.79 Å². The maximum atomic E-state index is 12.7. The van der Waals surface area contributed by atoms with E-state index in [4.69, 9.17) is 9.15 Å². The molecule has 10 nitrogen and oxygen atoms in total. The monoisotopic (exact) mass is 434 g/mol. The highest BCUT2D eigenvalue weighted by atomic mass is 16.6. The number of aliphatic hydroxyl groups excluding tert-OH is 3. The summed E-state index contributed by atoms with van der Waals surface area (Å²) in [6.07, 6.45) is -6.55. The Bertz CT molecular complexity index is 1120. The van der Waals surface area contributed by atoms with Gasteiger partial charge in [0.15, 0.2) is 11.7 Å². The van der Waals surface area contributed by atoms with Gasteiger partial charge in [-0.2, -0.15) is 0 Å². The summed E-state index contributed by atoms with van der Waals surface area (Å²) in [6.45, 7) is 0.607. The molecule has 2 unspecified atom stereocenters. The van der Waals surface area contributed by atoms with Gasteiger partial charge in [0.05, 0.1) is 18.3 Å². The average molecular weight is 434 g/mol. The van der Waals surface area contributed by atoms with Crippen LogP contribution in [0.5, 0.6) is 17.2 Å². The highest BCUT2D eigenvalue weighted by Crippen LogP contribution is 2.42. The molecule has 1 aromatic heterocycles. The molecule has 7 N–H and O–H groups in total. The topological polar surface area (TPSA) is 181 Å². The normalized spacial score (nSPS) is 14.6. The van der Waals surface area contributed by atoms with Crippen molar-refractivity contribution >= 4 is 11.0 Å². The zero-order chi connectivity index (χ0) is 22.9. The van der Waals surface area contributed by atoms with E-state index in [-0.39, 0.29) is 22.5 Å². The van der Waals surface area contributed by atoms with Crippen LogP contribution in [0.2, 0.25) is 0 Å². The predicted octanol–water partition coefficient (Wildman–Crippen LogP) is 0.687. The van der Waals surface area contributed by atoms with Gasteiger partial charge in [0.2, 0.25) is 0 Å². The number of hydrogen-bond acceptors (Lipinski definition) is 10. The third-order valence-corrected chi connectivity index (χ3v) is 4.76. The number of hydrogen-bond donors (Lipinski definition) is 7. The van der Waals surface area contributed by atoms with Crippen molar-refractivity contribution in [2.24, 2.45) is 0 Å². The van der Waals surface area contributed by atoms with Crippen molar-refractivity contribution in [2.75, 3.05) is 6.61 Å². The summed E-state index contributed by atoms with van der Waals surface area (Å²) in [5.74, 6) is -1.36. The SMILES string of the molecule is C[C@H](O)C(CO)OC(c1c(O)cc2oc(-c3ccc(O)cc3)cc(=O)c2c1O)C(O)O. The lowest BCUT2D eigenvalue weighted by Crippen LogP contribution is -2.35. The molecule has 0 bridgehead atoms. The van der Waals surface area contributed by atoms with Crippen molar-refractivity contribution in [3.8, 4) is 28.6 Å². The molecule has 10 heteroatoms. The first-order valence-electron chi connectivity index (χ1n) is 9.26. The van der Waals surface area contributed by atoms with Crippen LogP contribution >= 0.6 is 0 Å². The van der Waals surface area contributed by atoms with E-state index in [0.29, 0.717) is 5.56 Å². The number of fused-ring (bicyclic) bond motifs is 1. The fourth-order valence-electron chi connectivity index (χ4n) is 3.14. The van der Waals surface area contributed by atoms with E-state index < -0.39 is 53.7 Å². The standard InChI is InChI=1S/C21H22O10/c1-9(23)16(8-22)31-20(21(28)29)18-13(26)7-15-17(19(18)27)12(25)6-14(30-15)10-2-4-11(24)5-3-10/h2-7,9,16,20-24,26-29H,8H2,1H3/t9-,16?,20?/m0/s1. The summed E-state index contributed by atoms with van der Waals surface area (Å²) in [5, 5.41) is 68.6. The Labute approximate surface area is 175 Å². The van der Waals surface area contributed by atoms with Crippen molar-refractivity contribution in [1.29, 1.82) is 0 Å². The zero-order valence-electron chi connectivity index (χ0n) is 16.3. The molecule has 0 radical (unpaired) electrons. The predicted molar refractivity (Wildman–Crippen MR) is 108 cm³/mol. The van der Waals surface area contributed by atoms with Gasteiger partial charge < -0.3 is 44.9 Å². The molecule has 0 aliphatic carbocycles. The van der Waals surface area contributed by atoms with E-state index in [2.05, 4.69) is 0 Å². The van der Waals surface area contributed by atoms with Crippen LogP contribution in [-0.2, 0) is 4.74 Å². The molecule has 0 aliphatic rings. The fraction of sp³-hybridized carbons (Fsp3) is 0.286. The maximum absolute atomic E-state index is 12.7. The molecule has 0 amide bonds. The lowest BCUT2D eigenvalue weighted by molar-refractivity contribution is -0.189. The largest absolute Gasteiger partial charge is 0.508 e. The van der Waals surface area contributed by atoms with E-state index in [1.54, 1.807) is 0 Å². The third kappa shape index (κ3) is 4.48. The van der Waals surface area contributed by atoms with Crippen LogP contribution in [0.3, 0.4) is 0 Å². The molecular weight excluding hydrogens is 412 g/mol. The van der Waals surface area contributed by atoms with Gasteiger partial charge in [0, 0.05) is 17.7 Å². The first kappa shape index (κ1) is 22.5. The van der Waals surface area contributed by atoms with E-state index in [1.807, 2.05) is 0 Å². The Morgan fingerprint density at radius 2 is 1.68 bits per heavy atom. The summed E-state index contributed by atoms with van der Waals surface area (Å²) in [6, 6.07) is 7.89. The number of rotatable bonds is 7. The highest BCUT2D eigenvalue weighted by Gasteiger charge is 2.32. The minimum Gasteiger partial charge on any atom is -0.508 e. The number of ether oxygens (including phenoxy) is 1. The minimum absolute atomic E-state index is 0.0128. The molecular formula is C21H22O10. The Morgan fingerprint density at radius 3 is 2.23 bits per heavy atom. The van der Waals surface area contributed by atoms with Gasteiger partial charge in [0.25, 0.3) is 0 Å². The highest BCUT2D eigenvalue weighted by molar-refractivity contribution is 5.88. The number of phenolic OH excluding ortho intramolecular Hbond substituents is 3. The van der Waals surface area contributed by atoms with Crippen LogP contribution in [0.1, 0.15) is 18.6 Å². The molecule has 1 heterocycles. The van der Waals surface area contributed by atoms with Crippen molar-refractivity contribution in [2.45, 2.75) is 31.5 Å². The second-order valence-corrected chi connectivity index (χ2v) is 6.98. The molecule has 2 aromatic carbocycles. The molecule has 0 saturated heterocycles. The Morgan fingerprint density at radius 1 is 1.03 bits per heavy atom. The van der Waals surface area contributed by atoms with Crippen molar-refractivity contribution in [3.63, 3.8) is 0 Å². The first-order valence-corrected chi connectivity index (χ1v) is 9.26. The molecule has 166 valence electrons. The molecule has 0 saturated carbocycles. The van der Waals surface area contributed by atoms with Gasteiger partial charge in [0.1, 0.15) is 46.2 Å². The number of aromatic hydroxyl groups is 3. The van der Waals surface area contributed by atoms with Gasteiger partial charge in [-0.1, -0.05) is 0 Å². The van der Waals surface area contributed by atoms with Crippen LogP contribution in [0, 0.1) is 0 Å². The molecule has 31 heavy (non-hydrogen) atoms. The summed E-state index contributed by atoms with van der Waals surface area (Å²) in [4.78, 5) is 12.7. The fourth-order valence-corrected chi connectivity index (χ4v) is 3.14. The van der Waals surface area contributed by atoms with Gasteiger partial charge >= 0.3 is 0 Å². The number of phenols is 3. The average Bonchev–Trinajstić information content (AvgIpc) is 2.69. The quantitative estimate of drug-likeness (QED) is 0.261. The Kier molecular flexibility index (Phi) is 6.48. The molecule has 3 atom stereocenters. The number of benzene rings is 2. The van der Waals surface area contributed by atoms with Crippen LogP contribution < -0.4 is 5.43 Å². The second-order valence-electron chi connectivity index (χ2n) is 6.98. The first-order chi connectivity index (χ1) is 14.6. The third-order valence-electron chi connectivity index (χ3n) is 4.76. The summed E-state index contributed by atoms with van der Waals surface area (Å²) >= 11 is 0. The van der Waals surface area contributed by atoms with Crippen molar-refractivity contribution in [1.82, 2.24) is 0 Å². The van der Waals surface area contributed by atoms with Crippen molar-refractivity contribution < 1.29 is 44.9 Å². The van der Waals surface area contributed by atoms with Gasteiger partial charge in [-0.05, 0) is 31.2 Å². The second kappa shape index (κ2) is 8.92. The van der Waals surface area contributed by atoms with Crippen LogP contribution in [0.25, 0.3) is 22.3 Å². The lowest BCUT2D eigenvalue weighted by Gasteiger charge is -2.28. The summed E-state index contributed by atoms with van der Waals surface area (Å²) in [7, 11) is 0. The summed E-state index contributed by atoms with van der Waals surface area (Å²) < 4.78 is 10.9. The van der Waals surface area contributed by atoms with E-state index >= 15 is 0 Å². The molecule has 0 spiro atoms. The van der Waals surface area contributed by atoms with Crippen LogP contribution in [-0.4, -0.2) is 60.9 Å². The maximum Gasteiger partial charge on any atom is 0.197 e. The molecule has 0 fully saturated rings. The van der Waals surface area contributed by atoms with Crippen LogP contribution in [0.4, 0.5) is 0 Å². The lowest BCUT2D eigenvalue weighted by atomic mass is 10.0. The van der Waals surface area contributed by atoms with E-state index in [0.717, 1.165) is 12.1 Å². The molecule has 0 aliphatic heterocycles. The minimum atomic E-state index is -2.27. The number of aliphatic hydroxyl groups is 4. The summed E-state index contributed by atoms with van der Waals surface area (Å²) in [5.41, 5.74) is -0.945. The van der Waals surface area contributed by atoms with E-state index in [1.165, 1.54) is 31.2 Å².